The number of aromatic nitrogens is 2. The maximum atomic E-state index is 11.2. The largest absolute Gasteiger partial charge is 0.475 e. The number of hydrogen-bond donors (Lipinski definition) is 1. The molecule has 0 bridgehead atoms. The van der Waals surface area contributed by atoms with E-state index in [2.05, 4.69) is 16.0 Å². The maximum Gasteiger partial charge on any atom is 0.374 e. The third-order valence-electron chi connectivity index (χ3n) is 3.50. The zero-order valence-corrected chi connectivity index (χ0v) is 11.4. The van der Waals surface area contributed by atoms with Gasteiger partial charge >= 0.3 is 5.97 Å². The summed E-state index contributed by atoms with van der Waals surface area (Å²) in [5, 5.41) is 18.8. The molecule has 0 saturated heterocycles. The second kappa shape index (κ2) is 5.37. The normalized spacial score (nSPS) is 13.9. The van der Waals surface area contributed by atoms with Crippen molar-refractivity contribution in [1.29, 1.82) is 5.26 Å². The molecule has 2 aromatic rings. The first-order valence-corrected chi connectivity index (χ1v) is 6.84. The lowest BCUT2D eigenvalue weighted by molar-refractivity contribution is 0.0684. The molecule has 0 spiro atoms. The summed E-state index contributed by atoms with van der Waals surface area (Å²) in [4.78, 5) is 21.6. The van der Waals surface area contributed by atoms with Crippen molar-refractivity contribution < 1.29 is 9.90 Å². The van der Waals surface area contributed by atoms with Gasteiger partial charge in [-0.25, -0.2) is 14.8 Å². The fourth-order valence-electron chi connectivity index (χ4n) is 2.39. The SMILES string of the molecule is N#CCCN(c1nc(C(=O)O)nc2ccccc12)C1CC1. The van der Waals surface area contributed by atoms with Gasteiger partial charge in [-0.1, -0.05) is 12.1 Å². The summed E-state index contributed by atoms with van der Waals surface area (Å²) in [5.74, 6) is -0.722. The van der Waals surface area contributed by atoms with Gasteiger partial charge in [-0.15, -0.1) is 0 Å². The highest BCUT2D eigenvalue weighted by molar-refractivity contribution is 5.94. The van der Waals surface area contributed by atoms with E-state index in [1.165, 1.54) is 0 Å². The molecule has 0 atom stereocenters. The summed E-state index contributed by atoms with van der Waals surface area (Å²) in [7, 11) is 0. The van der Waals surface area contributed by atoms with E-state index in [0.717, 1.165) is 18.2 Å². The van der Waals surface area contributed by atoms with Crippen molar-refractivity contribution in [2.24, 2.45) is 0 Å². The van der Waals surface area contributed by atoms with E-state index in [1.54, 1.807) is 6.07 Å². The monoisotopic (exact) mass is 282 g/mol. The van der Waals surface area contributed by atoms with Crippen molar-refractivity contribution in [2.45, 2.75) is 25.3 Å². The summed E-state index contributed by atoms with van der Waals surface area (Å²) >= 11 is 0. The van der Waals surface area contributed by atoms with Gasteiger partial charge in [0.15, 0.2) is 0 Å². The summed E-state index contributed by atoms with van der Waals surface area (Å²) in [6.45, 7) is 0.557. The zero-order valence-electron chi connectivity index (χ0n) is 11.4. The van der Waals surface area contributed by atoms with Crippen LogP contribution in [0, 0.1) is 11.3 Å². The number of anilines is 1. The topological polar surface area (TPSA) is 90.1 Å². The molecule has 1 heterocycles. The van der Waals surface area contributed by atoms with Crippen molar-refractivity contribution in [3.05, 3.63) is 30.1 Å². The number of carboxylic acids is 1. The average molecular weight is 282 g/mol. The van der Waals surface area contributed by atoms with E-state index < -0.39 is 5.97 Å². The molecule has 0 unspecified atom stereocenters. The summed E-state index contributed by atoms with van der Waals surface area (Å²) in [6.07, 6.45) is 2.48. The summed E-state index contributed by atoms with van der Waals surface area (Å²) in [5.41, 5.74) is 0.613. The van der Waals surface area contributed by atoms with Crippen LogP contribution in [0.1, 0.15) is 29.9 Å². The molecular weight excluding hydrogens is 268 g/mol. The number of benzene rings is 1. The van der Waals surface area contributed by atoms with Crippen LogP contribution in [0.15, 0.2) is 24.3 Å². The number of carboxylic acid groups (broad SMARTS) is 1. The van der Waals surface area contributed by atoms with Gasteiger partial charge in [0.1, 0.15) is 5.82 Å². The Morgan fingerprint density at radius 3 is 2.81 bits per heavy atom. The molecule has 0 amide bonds. The number of fused-ring (bicyclic) bond motifs is 1. The number of nitriles is 1. The molecular formula is C15H14N4O2. The number of para-hydroxylation sites is 1. The van der Waals surface area contributed by atoms with E-state index >= 15 is 0 Å². The van der Waals surface area contributed by atoms with Crippen molar-refractivity contribution in [2.75, 3.05) is 11.4 Å². The van der Waals surface area contributed by atoms with Crippen LogP contribution in [0.25, 0.3) is 10.9 Å². The molecule has 1 aromatic heterocycles. The number of aromatic carboxylic acids is 1. The van der Waals surface area contributed by atoms with Crippen LogP contribution < -0.4 is 4.90 Å². The van der Waals surface area contributed by atoms with Crippen molar-refractivity contribution in [1.82, 2.24) is 9.97 Å². The molecule has 1 fully saturated rings. The third kappa shape index (κ3) is 2.63. The van der Waals surface area contributed by atoms with Gasteiger partial charge < -0.3 is 10.0 Å². The molecule has 0 aliphatic heterocycles. The van der Waals surface area contributed by atoms with Gasteiger partial charge in [0.2, 0.25) is 5.82 Å². The van der Waals surface area contributed by atoms with E-state index in [1.807, 2.05) is 23.1 Å². The first-order chi connectivity index (χ1) is 10.2. The molecule has 1 aliphatic carbocycles. The first kappa shape index (κ1) is 13.3. The Morgan fingerprint density at radius 1 is 1.38 bits per heavy atom. The molecule has 21 heavy (non-hydrogen) atoms. The van der Waals surface area contributed by atoms with Crippen LogP contribution >= 0.6 is 0 Å². The Hall–Kier alpha value is -2.68. The summed E-state index contributed by atoms with van der Waals surface area (Å²) in [6, 6.07) is 9.85. The molecule has 6 nitrogen and oxygen atoms in total. The highest BCUT2D eigenvalue weighted by Gasteiger charge is 2.31. The third-order valence-corrected chi connectivity index (χ3v) is 3.50. The average Bonchev–Trinajstić information content (AvgIpc) is 3.32. The van der Waals surface area contributed by atoms with E-state index in [9.17, 15) is 9.90 Å². The number of nitrogens with zero attached hydrogens (tertiary/aromatic N) is 4. The quantitative estimate of drug-likeness (QED) is 0.904. The Bertz CT molecular complexity index is 734. The lowest BCUT2D eigenvalue weighted by Crippen LogP contribution is -2.28. The number of rotatable bonds is 5. The van der Waals surface area contributed by atoms with E-state index in [-0.39, 0.29) is 5.82 Å². The molecule has 0 radical (unpaired) electrons. The predicted octanol–water partition coefficient (Wildman–Crippen LogP) is 2.21. The standard InChI is InChI=1S/C15H14N4O2/c16-8-3-9-19(10-6-7-10)14-11-4-1-2-5-12(11)17-13(18-14)15(20)21/h1-2,4-5,10H,3,6-7,9H2,(H,20,21). The van der Waals surface area contributed by atoms with Crippen molar-refractivity contribution >= 4 is 22.7 Å². The van der Waals surface area contributed by atoms with Crippen LogP contribution in [0.5, 0.6) is 0 Å². The molecule has 106 valence electrons. The number of carbonyl (C=O) groups is 1. The predicted molar refractivity (Wildman–Crippen MR) is 77.1 cm³/mol. The minimum Gasteiger partial charge on any atom is -0.475 e. The second-order valence-electron chi connectivity index (χ2n) is 5.03. The van der Waals surface area contributed by atoms with Crippen LogP contribution in [0.4, 0.5) is 5.82 Å². The van der Waals surface area contributed by atoms with Gasteiger partial charge in [-0.2, -0.15) is 5.26 Å². The summed E-state index contributed by atoms with van der Waals surface area (Å²) < 4.78 is 0. The Labute approximate surface area is 121 Å². The zero-order chi connectivity index (χ0) is 14.8. The lowest BCUT2D eigenvalue weighted by Gasteiger charge is -2.23. The molecule has 1 saturated carbocycles. The smallest absolute Gasteiger partial charge is 0.374 e. The van der Waals surface area contributed by atoms with Gasteiger partial charge in [-0.05, 0) is 25.0 Å². The maximum absolute atomic E-state index is 11.2. The minimum atomic E-state index is -1.14. The van der Waals surface area contributed by atoms with Crippen molar-refractivity contribution in [3.63, 3.8) is 0 Å². The lowest BCUT2D eigenvalue weighted by atomic mass is 10.2. The highest BCUT2D eigenvalue weighted by Crippen LogP contribution is 2.34. The van der Waals surface area contributed by atoms with Crippen LogP contribution in [-0.2, 0) is 0 Å². The Balaban J connectivity index is 2.14. The molecule has 1 aliphatic rings. The fraction of sp³-hybridized carbons (Fsp3) is 0.333. The fourth-order valence-corrected chi connectivity index (χ4v) is 2.39. The first-order valence-electron chi connectivity index (χ1n) is 6.84. The van der Waals surface area contributed by atoms with E-state index in [4.69, 9.17) is 5.26 Å². The van der Waals surface area contributed by atoms with Crippen LogP contribution in [-0.4, -0.2) is 33.6 Å². The Kier molecular flexibility index (Phi) is 3.40. The second-order valence-corrected chi connectivity index (χ2v) is 5.03. The van der Waals surface area contributed by atoms with Gasteiger partial charge in [0, 0.05) is 18.0 Å². The number of hydrogen-bond acceptors (Lipinski definition) is 5. The minimum absolute atomic E-state index is 0.202. The van der Waals surface area contributed by atoms with Gasteiger partial charge in [0.05, 0.1) is 18.0 Å². The highest BCUT2D eigenvalue weighted by atomic mass is 16.4. The van der Waals surface area contributed by atoms with Gasteiger partial charge in [0.25, 0.3) is 0 Å². The molecule has 1 aromatic carbocycles. The van der Waals surface area contributed by atoms with E-state index in [0.29, 0.717) is 30.3 Å². The van der Waals surface area contributed by atoms with Crippen molar-refractivity contribution in [3.8, 4) is 6.07 Å². The molecule has 3 rings (SSSR count). The molecule has 6 heteroatoms. The Morgan fingerprint density at radius 2 is 2.14 bits per heavy atom. The van der Waals surface area contributed by atoms with Crippen LogP contribution in [0.2, 0.25) is 0 Å². The van der Waals surface area contributed by atoms with Crippen LogP contribution in [0.3, 0.4) is 0 Å². The van der Waals surface area contributed by atoms with Gasteiger partial charge in [-0.3, -0.25) is 0 Å². The molecule has 1 N–H and O–H groups in total.